The van der Waals surface area contributed by atoms with Gasteiger partial charge in [-0.15, -0.1) is 11.3 Å². The second kappa shape index (κ2) is 8.59. The molecule has 2 heterocycles. The third-order valence-corrected chi connectivity index (χ3v) is 6.64. The summed E-state index contributed by atoms with van der Waals surface area (Å²) in [6.45, 7) is 0. The third kappa shape index (κ3) is 4.33. The molecule has 9 heteroatoms. The number of nitrogens with zero attached hydrogens (tertiary/aromatic N) is 1. The number of aromatic nitrogens is 2. The number of carbonyl (C=O) groups excluding carboxylic acids is 1. The number of benzene rings is 2. The maximum Gasteiger partial charge on any atom is 0.260 e. The first-order chi connectivity index (χ1) is 14.0. The Morgan fingerprint density at radius 3 is 2.72 bits per heavy atom. The van der Waals surface area contributed by atoms with Crippen LogP contribution in [0, 0.1) is 0 Å². The molecule has 0 saturated carbocycles. The van der Waals surface area contributed by atoms with Crippen LogP contribution >= 0.6 is 46.3 Å². The van der Waals surface area contributed by atoms with Crippen LogP contribution < -0.4 is 10.9 Å². The third-order valence-electron chi connectivity index (χ3n) is 4.07. The van der Waals surface area contributed by atoms with E-state index in [-0.39, 0.29) is 22.2 Å². The highest BCUT2D eigenvalue weighted by atomic mass is 35.5. The summed E-state index contributed by atoms with van der Waals surface area (Å²) in [6, 6.07) is 14.7. The first-order valence-corrected chi connectivity index (χ1v) is 11.1. The summed E-state index contributed by atoms with van der Waals surface area (Å²) in [7, 11) is 0. The van der Waals surface area contributed by atoms with Crippen molar-refractivity contribution in [2.75, 3.05) is 11.1 Å². The fourth-order valence-electron chi connectivity index (χ4n) is 2.75. The van der Waals surface area contributed by atoms with Crippen LogP contribution in [0.25, 0.3) is 21.3 Å². The van der Waals surface area contributed by atoms with E-state index in [1.54, 1.807) is 18.2 Å². The molecule has 2 N–H and O–H groups in total. The number of thiophene rings is 1. The Morgan fingerprint density at radius 2 is 1.93 bits per heavy atom. The summed E-state index contributed by atoms with van der Waals surface area (Å²) in [6.07, 6.45) is 0. The fourth-order valence-corrected chi connectivity index (χ4v) is 4.76. The van der Waals surface area contributed by atoms with Crippen LogP contribution in [0.1, 0.15) is 0 Å². The van der Waals surface area contributed by atoms with Gasteiger partial charge in [0, 0.05) is 10.9 Å². The maximum atomic E-state index is 12.6. The van der Waals surface area contributed by atoms with Crippen LogP contribution in [0.3, 0.4) is 0 Å². The van der Waals surface area contributed by atoms with Crippen LogP contribution in [0.15, 0.2) is 63.9 Å². The van der Waals surface area contributed by atoms with Crippen molar-refractivity contribution in [2.45, 2.75) is 5.16 Å². The zero-order valence-electron chi connectivity index (χ0n) is 14.7. The van der Waals surface area contributed by atoms with E-state index in [9.17, 15) is 9.59 Å². The Labute approximate surface area is 184 Å². The van der Waals surface area contributed by atoms with Crippen molar-refractivity contribution in [1.82, 2.24) is 9.97 Å². The molecule has 0 unspecified atom stereocenters. The van der Waals surface area contributed by atoms with Gasteiger partial charge in [-0.1, -0.05) is 71.4 Å². The summed E-state index contributed by atoms with van der Waals surface area (Å²) in [5.74, 6) is -0.216. The lowest BCUT2D eigenvalue weighted by molar-refractivity contribution is -0.113. The largest absolute Gasteiger partial charge is 0.324 e. The van der Waals surface area contributed by atoms with E-state index in [4.69, 9.17) is 23.2 Å². The first-order valence-electron chi connectivity index (χ1n) is 8.46. The number of hydrogen-bond donors (Lipinski definition) is 2. The molecule has 2 aromatic carbocycles. The number of rotatable bonds is 5. The number of anilines is 1. The van der Waals surface area contributed by atoms with Crippen LogP contribution in [-0.2, 0) is 4.79 Å². The Bertz CT molecular complexity index is 1260. The molecule has 0 saturated heterocycles. The van der Waals surface area contributed by atoms with E-state index in [0.29, 0.717) is 26.1 Å². The molecule has 0 bridgehead atoms. The molecule has 0 aliphatic rings. The molecular formula is C20H13Cl2N3O2S2. The molecule has 0 radical (unpaired) electrons. The smallest absolute Gasteiger partial charge is 0.260 e. The summed E-state index contributed by atoms with van der Waals surface area (Å²) in [5, 5.41) is 6.21. The van der Waals surface area contributed by atoms with Gasteiger partial charge < -0.3 is 10.3 Å². The molecular weight excluding hydrogens is 449 g/mol. The number of amides is 1. The monoisotopic (exact) mass is 461 g/mol. The topological polar surface area (TPSA) is 74.8 Å². The molecule has 146 valence electrons. The van der Waals surface area contributed by atoms with Crippen molar-refractivity contribution in [3.05, 3.63) is 74.3 Å². The molecule has 0 spiro atoms. The average molecular weight is 462 g/mol. The van der Waals surface area contributed by atoms with Crippen LogP contribution in [-0.4, -0.2) is 21.6 Å². The van der Waals surface area contributed by atoms with Gasteiger partial charge in [-0.05, 0) is 17.7 Å². The number of aromatic amines is 1. The first kappa shape index (κ1) is 20.0. The predicted octanol–water partition coefficient (Wildman–Crippen LogP) is 5.69. The molecule has 1 amide bonds. The molecule has 0 aliphatic heterocycles. The number of halogens is 2. The average Bonchev–Trinajstić information content (AvgIpc) is 3.15. The molecule has 5 nitrogen and oxygen atoms in total. The lowest BCUT2D eigenvalue weighted by Crippen LogP contribution is -2.15. The minimum atomic E-state index is -0.280. The zero-order valence-corrected chi connectivity index (χ0v) is 17.9. The van der Waals surface area contributed by atoms with Gasteiger partial charge >= 0.3 is 0 Å². The predicted molar refractivity (Wildman–Crippen MR) is 121 cm³/mol. The van der Waals surface area contributed by atoms with Crippen molar-refractivity contribution in [2.24, 2.45) is 0 Å². The van der Waals surface area contributed by atoms with Crippen molar-refractivity contribution < 1.29 is 4.79 Å². The van der Waals surface area contributed by atoms with E-state index < -0.39 is 0 Å². The lowest BCUT2D eigenvalue weighted by atomic mass is 10.1. The van der Waals surface area contributed by atoms with Crippen molar-refractivity contribution in [1.29, 1.82) is 0 Å². The summed E-state index contributed by atoms with van der Waals surface area (Å²) < 4.78 is 0. The Hall–Kier alpha value is -2.32. The molecule has 0 aliphatic carbocycles. The second-order valence-corrected chi connectivity index (χ2v) is 8.61. The molecule has 2 aromatic heterocycles. The van der Waals surface area contributed by atoms with Gasteiger partial charge in [-0.25, -0.2) is 4.98 Å². The van der Waals surface area contributed by atoms with E-state index in [0.717, 1.165) is 22.9 Å². The van der Waals surface area contributed by atoms with Gasteiger partial charge in [0.2, 0.25) is 5.91 Å². The van der Waals surface area contributed by atoms with Gasteiger partial charge in [0.25, 0.3) is 5.56 Å². The number of carbonyl (C=O) groups is 1. The maximum absolute atomic E-state index is 12.6. The van der Waals surface area contributed by atoms with Crippen LogP contribution in [0.4, 0.5) is 5.69 Å². The van der Waals surface area contributed by atoms with Gasteiger partial charge in [-0.2, -0.15) is 0 Å². The van der Waals surface area contributed by atoms with E-state index in [1.165, 1.54) is 11.3 Å². The Balaban J connectivity index is 1.51. The highest BCUT2D eigenvalue weighted by Gasteiger charge is 2.14. The van der Waals surface area contributed by atoms with Gasteiger partial charge in [-0.3, -0.25) is 9.59 Å². The molecule has 29 heavy (non-hydrogen) atoms. The van der Waals surface area contributed by atoms with E-state index in [2.05, 4.69) is 15.3 Å². The minimum Gasteiger partial charge on any atom is -0.324 e. The van der Waals surface area contributed by atoms with Crippen molar-refractivity contribution in [3.63, 3.8) is 0 Å². The van der Waals surface area contributed by atoms with Gasteiger partial charge in [0.15, 0.2) is 5.16 Å². The number of H-pyrrole nitrogens is 1. The van der Waals surface area contributed by atoms with Gasteiger partial charge in [0.1, 0.15) is 4.83 Å². The van der Waals surface area contributed by atoms with Crippen molar-refractivity contribution >= 4 is 68.1 Å². The van der Waals surface area contributed by atoms with E-state index in [1.807, 2.05) is 35.7 Å². The number of thioether (sulfide) groups is 1. The Morgan fingerprint density at radius 1 is 1.14 bits per heavy atom. The lowest BCUT2D eigenvalue weighted by Gasteiger charge is -2.08. The van der Waals surface area contributed by atoms with Crippen LogP contribution in [0.5, 0.6) is 0 Å². The number of fused-ring (bicyclic) bond motifs is 1. The molecule has 0 fully saturated rings. The Kier molecular flexibility index (Phi) is 5.91. The normalized spacial score (nSPS) is 11.0. The fraction of sp³-hybridized carbons (Fsp3) is 0.0500. The number of hydrogen-bond acceptors (Lipinski definition) is 5. The van der Waals surface area contributed by atoms with Crippen LogP contribution in [0.2, 0.25) is 10.0 Å². The second-order valence-electron chi connectivity index (χ2n) is 6.00. The van der Waals surface area contributed by atoms with Gasteiger partial charge in [0.05, 0.1) is 26.9 Å². The summed E-state index contributed by atoms with van der Waals surface area (Å²) in [5.41, 5.74) is 2.02. The highest BCUT2D eigenvalue weighted by Crippen LogP contribution is 2.32. The molecule has 4 rings (SSSR count). The highest BCUT2D eigenvalue weighted by molar-refractivity contribution is 7.99. The molecule has 0 atom stereocenters. The zero-order chi connectivity index (χ0) is 20.4. The summed E-state index contributed by atoms with van der Waals surface area (Å²) in [4.78, 5) is 32.8. The van der Waals surface area contributed by atoms with Crippen molar-refractivity contribution in [3.8, 4) is 11.1 Å². The number of nitrogens with one attached hydrogen (secondary N) is 2. The summed E-state index contributed by atoms with van der Waals surface area (Å²) >= 11 is 14.6. The minimum absolute atomic E-state index is 0.0637. The van der Waals surface area contributed by atoms with E-state index >= 15 is 0 Å². The standard InChI is InChI=1S/C20H13Cl2N3O2S2/c21-13-7-4-8-14(17(13)22)23-15(26)10-29-20-24-18(27)16-12(9-28-19(16)25-20)11-5-2-1-3-6-11/h1-9H,10H2,(H,23,26)(H,24,25,27). The molecule has 4 aromatic rings. The quantitative estimate of drug-likeness (QED) is 0.295. The SMILES string of the molecule is O=C(CSc1nc2scc(-c3ccccc3)c2c(=O)[nH]1)Nc1cccc(Cl)c1Cl.